The Balaban J connectivity index is 0.961. The first kappa shape index (κ1) is 47.5. The number of benzene rings is 3. The highest BCUT2D eigenvalue weighted by Crippen LogP contribution is 2.38. The number of sulfonamides is 2. The molecule has 19 heteroatoms. The van der Waals surface area contributed by atoms with Gasteiger partial charge in [-0.2, -0.15) is 0 Å². The molecule has 1 unspecified atom stereocenters. The third kappa shape index (κ3) is 16.1. The number of hydrogen-bond donors (Lipinski definition) is 4. The second kappa shape index (κ2) is 24.2. The van der Waals surface area contributed by atoms with E-state index < -0.39 is 20.0 Å². The van der Waals surface area contributed by atoms with Gasteiger partial charge in [-0.15, -0.1) is 0 Å². The summed E-state index contributed by atoms with van der Waals surface area (Å²) in [7, 11) is -5.38. The minimum Gasteiger partial charge on any atom is -0.378 e. The summed E-state index contributed by atoms with van der Waals surface area (Å²) in [5.74, 6) is -0.661. The summed E-state index contributed by atoms with van der Waals surface area (Å²) in [6.45, 7) is 5.84. The molecule has 320 valence electrons. The molecule has 1 heterocycles. The summed E-state index contributed by atoms with van der Waals surface area (Å²) in [5.41, 5.74) is 3.80. The van der Waals surface area contributed by atoms with Crippen LogP contribution in [0.3, 0.4) is 0 Å². The largest absolute Gasteiger partial charge is 0.378 e. The van der Waals surface area contributed by atoms with Crippen LogP contribution < -0.4 is 20.1 Å². The zero-order valence-electron chi connectivity index (χ0n) is 32.8. The van der Waals surface area contributed by atoms with Crippen LogP contribution in [0.1, 0.15) is 41.0 Å². The summed E-state index contributed by atoms with van der Waals surface area (Å²) in [6, 6.07) is 17.1. The zero-order chi connectivity index (χ0) is 42.0. The molecule has 0 saturated carbocycles. The van der Waals surface area contributed by atoms with Gasteiger partial charge < -0.3 is 34.5 Å². The van der Waals surface area contributed by atoms with E-state index in [0.717, 1.165) is 22.3 Å². The molecule has 0 spiro atoms. The zero-order valence-corrected chi connectivity index (χ0v) is 35.9. The van der Waals surface area contributed by atoms with E-state index in [4.69, 9.17) is 42.1 Å². The molecule has 0 fully saturated rings. The summed E-state index contributed by atoms with van der Waals surface area (Å²) in [4.78, 5) is 26.6. The van der Waals surface area contributed by atoms with Gasteiger partial charge in [0.15, 0.2) is 0 Å². The van der Waals surface area contributed by atoms with Crippen LogP contribution in [0, 0.1) is 6.92 Å². The van der Waals surface area contributed by atoms with Crippen molar-refractivity contribution in [3.63, 3.8) is 0 Å². The van der Waals surface area contributed by atoms with Crippen LogP contribution >= 0.6 is 23.2 Å². The van der Waals surface area contributed by atoms with Gasteiger partial charge in [0.25, 0.3) is 0 Å². The molecule has 58 heavy (non-hydrogen) atoms. The van der Waals surface area contributed by atoms with E-state index in [2.05, 4.69) is 25.0 Å². The molecule has 1 atom stereocenters. The number of ether oxygens (including phenoxy) is 4. The van der Waals surface area contributed by atoms with Crippen molar-refractivity contribution in [1.29, 1.82) is 0 Å². The molecular formula is C39H53Cl2N5O10S2. The number of fused-ring (bicyclic) bond motifs is 1. The van der Waals surface area contributed by atoms with Crippen molar-refractivity contribution in [3.05, 3.63) is 93.0 Å². The Morgan fingerprint density at radius 2 is 1.21 bits per heavy atom. The van der Waals surface area contributed by atoms with E-state index in [1.54, 1.807) is 48.5 Å². The lowest BCUT2D eigenvalue weighted by Crippen LogP contribution is -2.31. The van der Waals surface area contributed by atoms with Crippen molar-refractivity contribution in [2.45, 2.75) is 42.0 Å². The molecule has 3 aromatic carbocycles. The van der Waals surface area contributed by atoms with Crippen LogP contribution in [0.4, 0.5) is 0 Å². The first-order valence-corrected chi connectivity index (χ1v) is 22.6. The fourth-order valence-corrected chi connectivity index (χ4v) is 8.63. The van der Waals surface area contributed by atoms with E-state index in [1.165, 1.54) is 0 Å². The third-order valence-corrected chi connectivity index (χ3v) is 12.4. The molecule has 2 amide bonds. The third-order valence-electron chi connectivity index (χ3n) is 8.93. The number of nitrogens with zero attached hydrogens (tertiary/aromatic N) is 1. The lowest BCUT2D eigenvalue weighted by atomic mass is 9.85. The molecule has 4 rings (SSSR count). The first-order valence-electron chi connectivity index (χ1n) is 18.9. The SMILES string of the molecule is Cc1ccc(S(=O)(=O)NCCOCCOCCNC(=O)CCC(=O)NCCOCCOCCNS(=O)(=O)c2cccc(C3CN(C)Cc4c(Cl)cc(Cl)cc43)c2)cc1. The van der Waals surface area contributed by atoms with Crippen molar-refractivity contribution < 1.29 is 45.4 Å². The fourth-order valence-electron chi connectivity index (χ4n) is 5.98. The molecule has 0 aliphatic carbocycles. The lowest BCUT2D eigenvalue weighted by molar-refractivity contribution is -0.126. The smallest absolute Gasteiger partial charge is 0.240 e. The molecule has 1 aliphatic heterocycles. The van der Waals surface area contributed by atoms with Crippen LogP contribution in [-0.2, 0) is 55.1 Å². The van der Waals surface area contributed by atoms with Crippen LogP contribution in [0.2, 0.25) is 10.0 Å². The van der Waals surface area contributed by atoms with E-state index in [1.807, 2.05) is 26.1 Å². The van der Waals surface area contributed by atoms with E-state index in [9.17, 15) is 26.4 Å². The van der Waals surface area contributed by atoms with Gasteiger partial charge in [0.2, 0.25) is 31.9 Å². The molecule has 15 nitrogen and oxygen atoms in total. The van der Waals surface area contributed by atoms with Crippen LogP contribution in [0.15, 0.2) is 70.5 Å². The number of likely N-dealkylation sites (N-methyl/N-ethyl adjacent to an activating group) is 1. The Hall–Kier alpha value is -3.20. The van der Waals surface area contributed by atoms with Gasteiger partial charge in [0.05, 0.1) is 62.6 Å². The monoisotopic (exact) mass is 885 g/mol. The predicted octanol–water partition coefficient (Wildman–Crippen LogP) is 3.21. The second-order valence-corrected chi connectivity index (χ2v) is 17.9. The Bertz CT molecular complexity index is 2010. The van der Waals surface area contributed by atoms with Gasteiger partial charge in [-0.1, -0.05) is 53.0 Å². The number of hydrogen-bond acceptors (Lipinski definition) is 11. The number of carbonyl (C=O) groups excluding carboxylic acids is 2. The van der Waals surface area contributed by atoms with Gasteiger partial charge in [0, 0.05) is 68.1 Å². The number of nitrogens with one attached hydrogen (secondary N) is 4. The fraction of sp³-hybridized carbons (Fsp3) is 0.487. The Morgan fingerprint density at radius 3 is 1.76 bits per heavy atom. The van der Waals surface area contributed by atoms with E-state index in [0.29, 0.717) is 23.1 Å². The summed E-state index contributed by atoms with van der Waals surface area (Å²) in [6.07, 6.45) is 0.0434. The van der Waals surface area contributed by atoms with Crippen LogP contribution in [0.5, 0.6) is 0 Å². The molecule has 1 aliphatic rings. The van der Waals surface area contributed by atoms with Crippen molar-refractivity contribution in [2.24, 2.45) is 0 Å². The van der Waals surface area contributed by atoms with Crippen LogP contribution in [0.25, 0.3) is 0 Å². The van der Waals surface area contributed by atoms with Crippen LogP contribution in [-0.4, -0.2) is 126 Å². The summed E-state index contributed by atoms with van der Waals surface area (Å²) >= 11 is 12.8. The Labute approximate surface area is 351 Å². The number of carbonyl (C=O) groups is 2. The molecule has 0 bridgehead atoms. The maximum atomic E-state index is 13.1. The molecule has 3 aromatic rings. The quantitative estimate of drug-likeness (QED) is 0.0867. The van der Waals surface area contributed by atoms with Gasteiger partial charge in [0.1, 0.15) is 0 Å². The van der Waals surface area contributed by atoms with E-state index >= 15 is 0 Å². The lowest BCUT2D eigenvalue weighted by Gasteiger charge is -2.33. The Kier molecular flexibility index (Phi) is 19.8. The first-order chi connectivity index (χ1) is 27.7. The molecule has 0 aromatic heterocycles. The number of amides is 2. The number of halogens is 2. The minimum atomic E-state index is -3.79. The van der Waals surface area contributed by atoms with Crippen molar-refractivity contribution in [3.8, 4) is 0 Å². The minimum absolute atomic E-state index is 0.0210. The predicted molar refractivity (Wildman–Crippen MR) is 221 cm³/mol. The molecule has 4 N–H and O–H groups in total. The van der Waals surface area contributed by atoms with Crippen molar-refractivity contribution in [1.82, 2.24) is 25.0 Å². The number of aryl methyl sites for hydroxylation is 1. The van der Waals surface area contributed by atoms with Gasteiger partial charge in [-0.3, -0.25) is 9.59 Å². The maximum Gasteiger partial charge on any atom is 0.240 e. The van der Waals surface area contributed by atoms with Crippen molar-refractivity contribution in [2.75, 3.05) is 92.6 Å². The molecule has 0 radical (unpaired) electrons. The summed E-state index contributed by atoms with van der Waals surface area (Å²) in [5, 5.41) is 6.50. The van der Waals surface area contributed by atoms with Gasteiger partial charge in [-0.25, -0.2) is 26.3 Å². The normalized spacial score (nSPS) is 14.6. The summed E-state index contributed by atoms with van der Waals surface area (Å²) < 4.78 is 77.4. The van der Waals surface area contributed by atoms with E-state index in [-0.39, 0.29) is 119 Å². The Morgan fingerprint density at radius 1 is 0.690 bits per heavy atom. The number of rotatable bonds is 26. The second-order valence-electron chi connectivity index (χ2n) is 13.5. The molecule has 0 saturated heterocycles. The average Bonchev–Trinajstić information content (AvgIpc) is 3.18. The van der Waals surface area contributed by atoms with Crippen molar-refractivity contribution >= 4 is 55.1 Å². The average molecular weight is 887 g/mol. The highest BCUT2D eigenvalue weighted by molar-refractivity contribution is 7.89. The highest BCUT2D eigenvalue weighted by atomic mass is 35.5. The topological polar surface area (TPSA) is 191 Å². The standard InChI is InChI=1S/C39H53Cl2N5O10S2/c1-29-6-8-32(9-7-29)57(49,50)44-14-18-55-22-20-53-16-12-42-38(47)10-11-39(48)43-13-17-54-21-23-56-19-15-45-58(51,52)33-5-3-4-30(24-33)35-27-46(2)28-36-34(35)25-31(40)26-37(36)41/h3-9,24-26,35,44-45H,10-23,27-28H2,1-2H3,(H,42,47)(H,43,48). The molecular weight excluding hydrogens is 833 g/mol. The maximum absolute atomic E-state index is 13.1. The van der Waals surface area contributed by atoms with Gasteiger partial charge in [-0.05, 0) is 67.1 Å². The van der Waals surface area contributed by atoms with Gasteiger partial charge >= 0.3 is 0 Å². The highest BCUT2D eigenvalue weighted by Gasteiger charge is 2.28.